The fourth-order valence-corrected chi connectivity index (χ4v) is 4.74. The monoisotopic (exact) mass is 657 g/mol. The third kappa shape index (κ3) is 15.3. The van der Waals surface area contributed by atoms with Crippen molar-refractivity contribution >= 4 is 40.4 Å². The lowest BCUT2D eigenvalue weighted by Gasteiger charge is -2.22. The number of carbonyl (C=O) groups is 2. The Morgan fingerprint density at radius 2 is 1.02 bits per heavy atom. The highest BCUT2D eigenvalue weighted by molar-refractivity contribution is 5.69. The zero-order valence-electron chi connectivity index (χ0n) is 28.8. The van der Waals surface area contributed by atoms with E-state index in [0.29, 0.717) is 39.2 Å². The van der Waals surface area contributed by atoms with Crippen molar-refractivity contribution in [2.75, 3.05) is 37.8 Å². The van der Waals surface area contributed by atoms with E-state index in [9.17, 15) is 9.59 Å². The second-order valence-electron chi connectivity index (χ2n) is 11.4. The van der Waals surface area contributed by atoms with Gasteiger partial charge in [-0.1, -0.05) is 46.0 Å². The van der Waals surface area contributed by atoms with E-state index in [1.807, 2.05) is 79.7 Å². The minimum absolute atomic E-state index is 0.0788. The summed E-state index contributed by atoms with van der Waals surface area (Å²) >= 11 is 0. The number of esters is 2. The number of likely N-dealkylation sites (N-methyl/N-ethyl adjacent to an activating group) is 1. The number of hydrogen-bond donors (Lipinski definition) is 0. The minimum atomic E-state index is -0.184. The van der Waals surface area contributed by atoms with Gasteiger partial charge in [0.15, 0.2) is 0 Å². The van der Waals surface area contributed by atoms with Gasteiger partial charge in [0.25, 0.3) is 0 Å². The summed E-state index contributed by atoms with van der Waals surface area (Å²) in [5.41, 5.74) is 3.97. The molecule has 258 valence electrons. The smallest absolute Gasteiger partial charge is 0.305 e. The summed E-state index contributed by atoms with van der Waals surface area (Å²) in [5.74, 6) is 0.564. The Morgan fingerprint density at radius 1 is 0.562 bits per heavy atom. The van der Waals surface area contributed by atoms with Crippen LogP contribution in [0.5, 0.6) is 5.75 Å². The van der Waals surface area contributed by atoms with E-state index in [4.69, 9.17) is 14.2 Å². The third-order valence-corrected chi connectivity index (χ3v) is 7.53. The van der Waals surface area contributed by atoms with Gasteiger partial charge in [-0.2, -0.15) is 20.5 Å². The highest BCUT2D eigenvalue weighted by Gasteiger charge is 2.06. The molecule has 0 radical (unpaired) electrons. The van der Waals surface area contributed by atoms with Crippen LogP contribution in [0.2, 0.25) is 0 Å². The van der Waals surface area contributed by atoms with Crippen molar-refractivity contribution in [3.63, 3.8) is 0 Å². The van der Waals surface area contributed by atoms with Crippen LogP contribution in [0.4, 0.5) is 28.4 Å². The number of unbranched alkanes of at least 4 members (excludes halogenated alkanes) is 6. The lowest BCUT2D eigenvalue weighted by Crippen LogP contribution is -2.27. The molecule has 10 heteroatoms. The Hall–Kier alpha value is -4.60. The predicted octanol–water partition coefficient (Wildman–Crippen LogP) is 10.7. The second-order valence-corrected chi connectivity index (χ2v) is 11.4. The van der Waals surface area contributed by atoms with E-state index in [-0.39, 0.29) is 11.9 Å². The van der Waals surface area contributed by atoms with Crippen LogP contribution in [0.3, 0.4) is 0 Å². The first-order chi connectivity index (χ1) is 23.5. The van der Waals surface area contributed by atoms with Gasteiger partial charge in [0.1, 0.15) is 12.4 Å². The minimum Gasteiger partial charge on any atom is -0.494 e. The van der Waals surface area contributed by atoms with E-state index < -0.39 is 0 Å². The van der Waals surface area contributed by atoms with Gasteiger partial charge in [-0.25, -0.2) is 0 Å². The quantitative estimate of drug-likeness (QED) is 0.0569. The molecule has 0 aliphatic rings. The summed E-state index contributed by atoms with van der Waals surface area (Å²) in [5, 5.41) is 17.4. The molecule has 0 atom stereocenters. The number of azo groups is 2. The standard InChI is InChI=1S/C38H51N5O5/c1-4-14-38(45)47-29-13-11-9-7-8-10-12-28-46-36-25-21-34(22-26-36)42-40-32-17-15-31(16-18-32)39-41-33-19-23-35(24-20-33)43(6-3)27-30-48-37(44)5-2/h15-26H,4-14,27-30H2,1-3H3. The Kier molecular flexibility index (Phi) is 18.0. The molecule has 10 nitrogen and oxygen atoms in total. The summed E-state index contributed by atoms with van der Waals surface area (Å²) in [6, 6.07) is 22.9. The molecule has 0 bridgehead atoms. The van der Waals surface area contributed by atoms with Gasteiger partial charge in [0, 0.05) is 25.1 Å². The molecule has 0 N–H and O–H groups in total. The van der Waals surface area contributed by atoms with Gasteiger partial charge in [0.2, 0.25) is 0 Å². The summed E-state index contributed by atoms with van der Waals surface area (Å²) in [6.07, 6.45) is 9.53. The zero-order chi connectivity index (χ0) is 34.2. The first-order valence-corrected chi connectivity index (χ1v) is 17.3. The highest BCUT2D eigenvalue weighted by atomic mass is 16.5. The molecule has 0 aliphatic carbocycles. The van der Waals surface area contributed by atoms with Crippen molar-refractivity contribution in [2.45, 2.75) is 85.0 Å². The average Bonchev–Trinajstić information content (AvgIpc) is 3.12. The average molecular weight is 658 g/mol. The van der Waals surface area contributed by atoms with Crippen LogP contribution in [-0.2, 0) is 19.1 Å². The first kappa shape index (κ1) is 37.9. The molecular weight excluding hydrogens is 606 g/mol. The van der Waals surface area contributed by atoms with Crippen molar-refractivity contribution in [1.29, 1.82) is 0 Å². The number of carbonyl (C=O) groups excluding carboxylic acids is 2. The molecule has 0 fully saturated rings. The van der Waals surface area contributed by atoms with Gasteiger partial charge in [0.05, 0.1) is 42.5 Å². The molecule has 0 aromatic heterocycles. The largest absolute Gasteiger partial charge is 0.494 e. The summed E-state index contributed by atoms with van der Waals surface area (Å²) in [6.45, 7) is 8.89. The van der Waals surface area contributed by atoms with Crippen molar-refractivity contribution in [2.24, 2.45) is 20.5 Å². The predicted molar refractivity (Wildman–Crippen MR) is 190 cm³/mol. The molecule has 48 heavy (non-hydrogen) atoms. The Labute approximate surface area is 285 Å². The molecule has 0 spiro atoms. The highest BCUT2D eigenvalue weighted by Crippen LogP contribution is 2.26. The van der Waals surface area contributed by atoms with Crippen molar-refractivity contribution in [3.05, 3.63) is 72.8 Å². The number of anilines is 1. The van der Waals surface area contributed by atoms with Crippen LogP contribution in [0.15, 0.2) is 93.3 Å². The molecule has 0 amide bonds. The van der Waals surface area contributed by atoms with Crippen LogP contribution in [0, 0.1) is 0 Å². The lowest BCUT2D eigenvalue weighted by molar-refractivity contribution is -0.144. The molecule has 3 aromatic rings. The fraction of sp³-hybridized carbons (Fsp3) is 0.474. The molecule has 0 aliphatic heterocycles. The molecule has 0 saturated heterocycles. The third-order valence-electron chi connectivity index (χ3n) is 7.53. The van der Waals surface area contributed by atoms with Crippen LogP contribution in [0.1, 0.15) is 85.0 Å². The fourth-order valence-electron chi connectivity index (χ4n) is 4.74. The van der Waals surface area contributed by atoms with Crippen LogP contribution in [0.25, 0.3) is 0 Å². The maximum absolute atomic E-state index is 11.4. The Balaban J connectivity index is 1.31. The maximum atomic E-state index is 11.4. The molecule has 0 heterocycles. The van der Waals surface area contributed by atoms with E-state index in [1.165, 1.54) is 19.3 Å². The summed E-state index contributed by atoms with van der Waals surface area (Å²) in [7, 11) is 0. The van der Waals surface area contributed by atoms with Gasteiger partial charge < -0.3 is 19.1 Å². The molecule has 0 unspecified atom stereocenters. The first-order valence-electron chi connectivity index (χ1n) is 17.3. The van der Waals surface area contributed by atoms with Crippen molar-refractivity contribution < 1.29 is 23.8 Å². The second kappa shape index (κ2) is 22.8. The topological polar surface area (TPSA) is 115 Å². The van der Waals surface area contributed by atoms with Gasteiger partial charge in [-0.05, 0) is 99.0 Å². The molecule has 0 saturated carbocycles. The van der Waals surface area contributed by atoms with Crippen LogP contribution < -0.4 is 9.64 Å². The number of benzene rings is 3. The molecular formula is C38H51N5O5. The molecule has 3 rings (SSSR count). The number of hydrogen-bond acceptors (Lipinski definition) is 10. The Bertz CT molecular complexity index is 1390. The SMILES string of the molecule is CCCC(=O)OCCCCCCCCCOc1ccc(N=Nc2ccc(N=Nc3ccc(N(CC)CCOC(=O)CC)cc3)cc2)cc1. The van der Waals surface area contributed by atoms with Crippen LogP contribution >= 0.6 is 0 Å². The maximum Gasteiger partial charge on any atom is 0.305 e. The van der Waals surface area contributed by atoms with Crippen molar-refractivity contribution in [1.82, 2.24) is 0 Å². The number of nitrogens with zero attached hydrogens (tertiary/aromatic N) is 5. The van der Waals surface area contributed by atoms with Gasteiger partial charge >= 0.3 is 11.9 Å². The van der Waals surface area contributed by atoms with E-state index in [0.717, 1.165) is 72.8 Å². The zero-order valence-corrected chi connectivity index (χ0v) is 28.8. The van der Waals surface area contributed by atoms with Gasteiger partial charge in [-0.3, -0.25) is 9.59 Å². The van der Waals surface area contributed by atoms with E-state index >= 15 is 0 Å². The number of ether oxygens (including phenoxy) is 3. The van der Waals surface area contributed by atoms with Gasteiger partial charge in [-0.15, -0.1) is 0 Å². The van der Waals surface area contributed by atoms with E-state index in [1.54, 1.807) is 6.92 Å². The normalized spacial score (nSPS) is 11.2. The molecule has 3 aromatic carbocycles. The van der Waals surface area contributed by atoms with E-state index in [2.05, 4.69) is 32.3 Å². The van der Waals surface area contributed by atoms with Crippen LogP contribution in [-0.4, -0.2) is 44.8 Å². The summed E-state index contributed by atoms with van der Waals surface area (Å²) < 4.78 is 16.3. The Morgan fingerprint density at radius 3 is 1.52 bits per heavy atom. The summed E-state index contributed by atoms with van der Waals surface area (Å²) in [4.78, 5) is 24.9. The number of rotatable bonds is 23. The lowest BCUT2D eigenvalue weighted by atomic mass is 10.1. The van der Waals surface area contributed by atoms with Crippen molar-refractivity contribution in [3.8, 4) is 5.75 Å².